The Morgan fingerprint density at radius 3 is 2.32 bits per heavy atom. The van der Waals surface area contributed by atoms with Gasteiger partial charge in [-0.25, -0.2) is 4.79 Å². The Morgan fingerprint density at radius 2 is 1.64 bits per heavy atom. The number of carbonyl (C=O) groups excluding carboxylic acids is 1. The van der Waals surface area contributed by atoms with E-state index < -0.39 is 11.7 Å². The molecule has 0 aliphatic rings. The van der Waals surface area contributed by atoms with Crippen molar-refractivity contribution in [1.29, 1.82) is 0 Å². The number of anilines is 1. The number of aromatic hydroxyl groups is 1. The number of benzene rings is 3. The Bertz CT molecular complexity index is 909. The van der Waals surface area contributed by atoms with Gasteiger partial charge in [-0.1, -0.05) is 42.5 Å². The molecule has 0 aliphatic heterocycles. The second-order valence-corrected chi connectivity index (χ2v) is 6.89. The van der Waals surface area contributed by atoms with Gasteiger partial charge in [0, 0.05) is 11.3 Å². The first-order valence-corrected chi connectivity index (χ1v) is 8.15. The van der Waals surface area contributed by atoms with E-state index in [1.54, 1.807) is 18.2 Å². The second-order valence-electron chi connectivity index (χ2n) is 6.89. The van der Waals surface area contributed by atoms with Gasteiger partial charge >= 0.3 is 6.09 Å². The fourth-order valence-corrected chi connectivity index (χ4v) is 2.71. The molecule has 0 atom stereocenters. The Kier molecular flexibility index (Phi) is 4.36. The summed E-state index contributed by atoms with van der Waals surface area (Å²) in [6, 6.07) is 18.8. The predicted octanol–water partition coefficient (Wildman–Crippen LogP) is 5.56. The quantitative estimate of drug-likeness (QED) is 0.644. The highest BCUT2D eigenvalue weighted by molar-refractivity contribution is 5.99. The molecular weight excluding hydrogens is 314 g/mol. The van der Waals surface area contributed by atoms with Gasteiger partial charge in [-0.15, -0.1) is 0 Å². The maximum atomic E-state index is 11.8. The van der Waals surface area contributed by atoms with Crippen LogP contribution >= 0.6 is 0 Å². The van der Waals surface area contributed by atoms with Crippen molar-refractivity contribution in [1.82, 2.24) is 0 Å². The largest absolute Gasteiger partial charge is 0.507 e. The standard InChI is InChI=1S/C21H21NO3/c1-21(2,3)25-20(24)22-16-11-8-15(9-12-16)19-17-7-5-4-6-14(17)10-13-18(19)23/h4-13,23H,1-3H3,(H,22,24). The van der Waals surface area contributed by atoms with Crippen molar-refractivity contribution in [3.05, 3.63) is 60.7 Å². The van der Waals surface area contributed by atoms with Crippen LogP contribution in [0.2, 0.25) is 0 Å². The van der Waals surface area contributed by atoms with Crippen LogP contribution in [0.25, 0.3) is 21.9 Å². The lowest BCUT2D eigenvalue weighted by Gasteiger charge is -2.19. The highest BCUT2D eigenvalue weighted by Gasteiger charge is 2.16. The summed E-state index contributed by atoms with van der Waals surface area (Å²) in [6.45, 7) is 5.46. The number of phenolic OH excluding ortho intramolecular Hbond substituents is 1. The van der Waals surface area contributed by atoms with E-state index in [-0.39, 0.29) is 5.75 Å². The van der Waals surface area contributed by atoms with E-state index in [9.17, 15) is 9.90 Å². The van der Waals surface area contributed by atoms with Crippen LogP contribution in [0.5, 0.6) is 5.75 Å². The number of nitrogens with one attached hydrogen (secondary N) is 1. The minimum atomic E-state index is -0.543. The van der Waals surface area contributed by atoms with E-state index in [1.807, 2.05) is 63.2 Å². The van der Waals surface area contributed by atoms with Gasteiger partial charge in [0.1, 0.15) is 11.4 Å². The first-order chi connectivity index (χ1) is 11.8. The summed E-state index contributed by atoms with van der Waals surface area (Å²) < 4.78 is 5.24. The van der Waals surface area contributed by atoms with Gasteiger partial charge < -0.3 is 9.84 Å². The first kappa shape index (κ1) is 16.8. The van der Waals surface area contributed by atoms with E-state index in [2.05, 4.69) is 5.32 Å². The number of phenols is 1. The summed E-state index contributed by atoms with van der Waals surface area (Å²) in [7, 11) is 0. The maximum Gasteiger partial charge on any atom is 0.412 e. The molecule has 3 rings (SSSR count). The number of carbonyl (C=O) groups is 1. The zero-order valence-electron chi connectivity index (χ0n) is 14.5. The van der Waals surface area contributed by atoms with Crippen molar-refractivity contribution >= 4 is 22.6 Å². The van der Waals surface area contributed by atoms with Gasteiger partial charge in [0.15, 0.2) is 0 Å². The normalized spacial score (nSPS) is 11.3. The predicted molar refractivity (Wildman–Crippen MR) is 101 cm³/mol. The van der Waals surface area contributed by atoms with E-state index in [1.165, 1.54) is 0 Å². The molecule has 0 heterocycles. The average Bonchev–Trinajstić information content (AvgIpc) is 2.54. The molecule has 0 bridgehead atoms. The van der Waals surface area contributed by atoms with E-state index in [4.69, 9.17) is 4.74 Å². The van der Waals surface area contributed by atoms with Crippen molar-refractivity contribution in [2.75, 3.05) is 5.32 Å². The Morgan fingerprint density at radius 1 is 0.960 bits per heavy atom. The van der Waals surface area contributed by atoms with Crippen LogP contribution in [0.4, 0.5) is 10.5 Å². The molecule has 1 amide bonds. The number of rotatable bonds is 2. The molecule has 128 valence electrons. The van der Waals surface area contributed by atoms with Gasteiger partial charge in [-0.05, 0) is 55.3 Å². The van der Waals surface area contributed by atoms with Gasteiger partial charge in [-0.2, -0.15) is 0 Å². The van der Waals surface area contributed by atoms with Crippen molar-refractivity contribution in [2.45, 2.75) is 26.4 Å². The molecule has 0 unspecified atom stereocenters. The topological polar surface area (TPSA) is 58.6 Å². The lowest BCUT2D eigenvalue weighted by molar-refractivity contribution is 0.0636. The molecule has 0 spiro atoms. The van der Waals surface area contributed by atoms with Crippen molar-refractivity contribution in [3.8, 4) is 16.9 Å². The number of ether oxygens (including phenoxy) is 1. The van der Waals surface area contributed by atoms with E-state index in [0.29, 0.717) is 5.69 Å². The monoisotopic (exact) mass is 335 g/mol. The maximum absolute atomic E-state index is 11.8. The highest BCUT2D eigenvalue weighted by atomic mass is 16.6. The Balaban J connectivity index is 1.89. The van der Waals surface area contributed by atoms with E-state index in [0.717, 1.165) is 21.9 Å². The summed E-state index contributed by atoms with van der Waals surface area (Å²) in [4.78, 5) is 11.8. The van der Waals surface area contributed by atoms with Crippen LogP contribution in [0.15, 0.2) is 60.7 Å². The summed E-state index contributed by atoms with van der Waals surface area (Å²) in [6.07, 6.45) is -0.492. The third-order valence-corrected chi connectivity index (χ3v) is 3.73. The zero-order valence-corrected chi connectivity index (χ0v) is 14.5. The smallest absolute Gasteiger partial charge is 0.412 e. The Labute approximate surface area is 147 Å². The number of hydrogen-bond donors (Lipinski definition) is 2. The first-order valence-electron chi connectivity index (χ1n) is 8.15. The van der Waals surface area contributed by atoms with Gasteiger partial charge in [0.05, 0.1) is 0 Å². The number of hydrogen-bond acceptors (Lipinski definition) is 3. The van der Waals surface area contributed by atoms with Crippen molar-refractivity contribution < 1.29 is 14.6 Å². The molecular formula is C21H21NO3. The molecule has 0 aliphatic carbocycles. The number of fused-ring (bicyclic) bond motifs is 1. The molecule has 0 saturated heterocycles. The fourth-order valence-electron chi connectivity index (χ4n) is 2.71. The molecule has 4 nitrogen and oxygen atoms in total. The lowest BCUT2D eigenvalue weighted by Crippen LogP contribution is -2.27. The van der Waals surface area contributed by atoms with Crippen LogP contribution in [-0.4, -0.2) is 16.8 Å². The third kappa shape index (κ3) is 3.91. The SMILES string of the molecule is CC(C)(C)OC(=O)Nc1ccc(-c2c(O)ccc3ccccc23)cc1. The van der Waals surface area contributed by atoms with Crippen LogP contribution < -0.4 is 5.32 Å². The van der Waals surface area contributed by atoms with Gasteiger partial charge in [0.25, 0.3) is 0 Å². The molecule has 2 N–H and O–H groups in total. The lowest BCUT2D eigenvalue weighted by atomic mass is 9.97. The average molecular weight is 335 g/mol. The van der Waals surface area contributed by atoms with Crippen LogP contribution in [0.1, 0.15) is 20.8 Å². The number of amides is 1. The van der Waals surface area contributed by atoms with E-state index >= 15 is 0 Å². The van der Waals surface area contributed by atoms with Crippen molar-refractivity contribution in [2.24, 2.45) is 0 Å². The molecule has 25 heavy (non-hydrogen) atoms. The fraction of sp³-hybridized carbons (Fsp3) is 0.190. The molecule has 0 radical (unpaired) electrons. The molecule has 0 fully saturated rings. The summed E-state index contributed by atoms with van der Waals surface area (Å²) in [5.74, 6) is 0.228. The van der Waals surface area contributed by atoms with Gasteiger partial charge in [-0.3, -0.25) is 5.32 Å². The highest BCUT2D eigenvalue weighted by Crippen LogP contribution is 2.36. The zero-order chi connectivity index (χ0) is 18.0. The minimum Gasteiger partial charge on any atom is -0.507 e. The molecule has 0 saturated carbocycles. The van der Waals surface area contributed by atoms with Crippen LogP contribution in [-0.2, 0) is 4.74 Å². The molecule has 3 aromatic rings. The molecule has 0 aromatic heterocycles. The van der Waals surface area contributed by atoms with Crippen LogP contribution in [0.3, 0.4) is 0 Å². The molecule has 3 aromatic carbocycles. The molecule has 4 heteroatoms. The van der Waals surface area contributed by atoms with Crippen molar-refractivity contribution in [3.63, 3.8) is 0 Å². The second kappa shape index (κ2) is 6.48. The summed E-state index contributed by atoms with van der Waals surface area (Å²) >= 11 is 0. The summed E-state index contributed by atoms with van der Waals surface area (Å²) in [5, 5.41) is 15.1. The summed E-state index contributed by atoms with van der Waals surface area (Å²) in [5.41, 5.74) is 1.75. The van der Waals surface area contributed by atoms with Gasteiger partial charge in [0.2, 0.25) is 0 Å². The van der Waals surface area contributed by atoms with Crippen LogP contribution in [0, 0.1) is 0 Å². The third-order valence-electron chi connectivity index (χ3n) is 3.73. The Hall–Kier alpha value is -3.01. The minimum absolute atomic E-state index is 0.228.